The van der Waals surface area contributed by atoms with Crippen molar-refractivity contribution in [2.24, 2.45) is 0 Å². The van der Waals surface area contributed by atoms with Crippen molar-refractivity contribution in [3.8, 4) is 0 Å². The summed E-state index contributed by atoms with van der Waals surface area (Å²) < 4.78 is 4.77. The summed E-state index contributed by atoms with van der Waals surface area (Å²) in [6, 6.07) is 43.5. The number of hydrogen-bond acceptors (Lipinski definition) is 5. The molecule has 8 aromatic rings. The first-order valence-electron chi connectivity index (χ1n) is 21.9. The molecule has 306 valence electrons. The molecule has 0 bridgehead atoms. The normalized spacial score (nSPS) is 19.0. The fourth-order valence-corrected chi connectivity index (χ4v) is 10.8. The minimum atomic E-state index is -0.543. The van der Waals surface area contributed by atoms with Crippen molar-refractivity contribution in [3.63, 3.8) is 0 Å². The number of hydrogen-bond donors (Lipinski definition) is 1. The van der Waals surface area contributed by atoms with Gasteiger partial charge in [0.15, 0.2) is 0 Å². The van der Waals surface area contributed by atoms with Gasteiger partial charge in [0, 0.05) is 11.5 Å². The third kappa shape index (κ3) is 6.01. The number of rotatable bonds is 0. The Hall–Kier alpha value is -7.96. The lowest BCUT2D eigenvalue weighted by Crippen LogP contribution is -2.40. The number of benzene rings is 8. The lowest BCUT2D eigenvalue weighted by atomic mass is 9.80. The van der Waals surface area contributed by atoms with Crippen LogP contribution in [0.2, 0.25) is 0 Å². The first kappa shape index (κ1) is 37.8. The van der Waals surface area contributed by atoms with Gasteiger partial charge in [0.05, 0.1) is 11.5 Å². The molecule has 8 aromatic carbocycles. The first-order chi connectivity index (χ1) is 31.4. The summed E-state index contributed by atoms with van der Waals surface area (Å²) in [5.74, 6) is -1.64. The summed E-state index contributed by atoms with van der Waals surface area (Å²) in [5, 5.41) is 12.3. The number of amides is 2. The number of carbonyl (C=O) groups is 4. The van der Waals surface area contributed by atoms with E-state index in [-0.39, 0.29) is 17.7 Å². The molecule has 64 heavy (non-hydrogen) atoms. The number of allylic oxidation sites excluding steroid dienone is 2. The Morgan fingerprint density at radius 1 is 0.469 bits per heavy atom. The van der Waals surface area contributed by atoms with Gasteiger partial charge >= 0.3 is 11.9 Å². The topological polar surface area (TPSA) is 89.5 Å². The van der Waals surface area contributed by atoms with E-state index in [0.717, 1.165) is 50.2 Å². The van der Waals surface area contributed by atoms with Crippen LogP contribution in [0.4, 0.5) is 0 Å². The van der Waals surface area contributed by atoms with Crippen molar-refractivity contribution in [1.82, 2.24) is 5.32 Å². The van der Waals surface area contributed by atoms with Gasteiger partial charge in [0.25, 0.3) is 5.91 Å². The highest BCUT2D eigenvalue weighted by Gasteiger charge is 2.37. The minimum absolute atomic E-state index is 0.231. The van der Waals surface area contributed by atoms with E-state index in [0.29, 0.717) is 17.0 Å². The molecule has 3 unspecified atom stereocenters. The van der Waals surface area contributed by atoms with E-state index >= 15 is 0 Å². The van der Waals surface area contributed by atoms with E-state index in [1.54, 1.807) is 29.3 Å². The summed E-state index contributed by atoms with van der Waals surface area (Å²) in [4.78, 5) is 47.3. The van der Waals surface area contributed by atoms with Crippen molar-refractivity contribution < 1.29 is 23.9 Å². The quantitative estimate of drug-likeness (QED) is 0.0934. The lowest BCUT2D eigenvalue weighted by Gasteiger charge is -2.27. The number of esters is 2. The molecule has 0 fully saturated rings. The standard InChI is InChI=1S/C15H9NO2.C15H8O3.C15H12.C13H10/c17-14-10-6-4-8-2-1-3-9-5-7-11(15(18)16-14)13(10)12(8)9;16-14-10-6-4-8-2-1-3-9-5-7-11(15(17)18-14)13(10)12(8)9;1-2-10-4-6-12-8-9-13-7-5-11(3-1)14(10)15(12)13;1-4-10-6-2-8-12-9-3-7-11(5-1)13(10)12/h1-7,10H,(H,16,17,18);1-7,10H;1-7,12H,8-9H2;1-8H,9H2. The Morgan fingerprint density at radius 2 is 1.00 bits per heavy atom. The van der Waals surface area contributed by atoms with Crippen molar-refractivity contribution >= 4 is 91.1 Å². The molecule has 5 aliphatic carbocycles. The maximum absolute atomic E-state index is 11.9. The molecule has 0 saturated heterocycles. The van der Waals surface area contributed by atoms with Gasteiger partial charge in [0.2, 0.25) is 5.91 Å². The van der Waals surface area contributed by atoms with Gasteiger partial charge in [-0.15, -0.1) is 0 Å². The first-order valence-corrected chi connectivity index (χ1v) is 21.9. The Bertz CT molecular complexity index is 3390. The predicted octanol–water partition coefficient (Wildman–Crippen LogP) is 12.2. The molecule has 3 atom stereocenters. The van der Waals surface area contributed by atoms with Crippen LogP contribution in [0.25, 0.3) is 67.4 Å². The van der Waals surface area contributed by atoms with Crippen molar-refractivity contribution in [3.05, 3.63) is 213 Å². The van der Waals surface area contributed by atoms with Gasteiger partial charge in [-0.1, -0.05) is 164 Å². The molecule has 2 amide bonds. The number of ether oxygens (including phenoxy) is 1. The fourth-order valence-electron chi connectivity index (χ4n) is 10.8. The molecule has 0 aromatic heterocycles. The maximum Gasteiger partial charge on any atom is 0.346 e. The number of cyclic esters (lactones) is 2. The van der Waals surface area contributed by atoms with Gasteiger partial charge < -0.3 is 4.74 Å². The average Bonchev–Trinajstić information content (AvgIpc) is 3.77. The number of nitrogens with one attached hydrogen (secondary N) is 1. The third-order valence-corrected chi connectivity index (χ3v) is 13.7. The average molecular weight is 830 g/mol. The van der Waals surface area contributed by atoms with Gasteiger partial charge in [-0.2, -0.15) is 0 Å². The smallest absolute Gasteiger partial charge is 0.346 e. The van der Waals surface area contributed by atoms with Crippen LogP contribution >= 0.6 is 0 Å². The number of imide groups is 1. The van der Waals surface area contributed by atoms with Crippen molar-refractivity contribution in [1.29, 1.82) is 0 Å². The van der Waals surface area contributed by atoms with Crippen LogP contribution in [0, 0.1) is 0 Å². The van der Waals surface area contributed by atoms with Gasteiger partial charge in [-0.05, 0) is 125 Å². The molecule has 0 radical (unpaired) electrons. The summed E-state index contributed by atoms with van der Waals surface area (Å²) in [7, 11) is 0. The molecular formula is C58H39NO5. The third-order valence-electron chi connectivity index (χ3n) is 13.7. The molecular weight excluding hydrogens is 791 g/mol. The largest absolute Gasteiger partial charge is 0.389 e. The zero-order valence-electron chi connectivity index (χ0n) is 34.6. The number of aryl methyl sites for hydroxylation is 1. The Kier molecular flexibility index (Phi) is 8.76. The summed E-state index contributed by atoms with van der Waals surface area (Å²) >= 11 is 0. The summed E-state index contributed by atoms with van der Waals surface area (Å²) in [5.41, 5.74) is 12.3. The SMILES string of the molecule is C1=CC2CCc3ccc4cccc1c4c32.C1=Cc2cccc3cccc(c23)C1.O=C1NC(=O)C2C=Cc3cccc4ccc1c2c34.O=C1OC(=O)C2C=Cc3cccc4ccc1c2c34. The van der Waals surface area contributed by atoms with Crippen LogP contribution in [-0.2, 0) is 27.2 Å². The zero-order valence-corrected chi connectivity index (χ0v) is 34.6. The lowest BCUT2D eigenvalue weighted by molar-refractivity contribution is -0.139. The molecule has 6 nitrogen and oxygen atoms in total. The van der Waals surface area contributed by atoms with Gasteiger partial charge in [-0.3, -0.25) is 19.7 Å². The molecule has 15 rings (SSSR count). The Balaban J connectivity index is 0.0000000908. The van der Waals surface area contributed by atoms with E-state index in [4.69, 9.17) is 4.74 Å². The molecule has 6 heteroatoms. The highest BCUT2D eigenvalue weighted by molar-refractivity contribution is 6.18. The molecule has 2 aliphatic heterocycles. The monoisotopic (exact) mass is 829 g/mol. The van der Waals surface area contributed by atoms with Crippen LogP contribution in [-0.4, -0.2) is 23.8 Å². The Labute approximate surface area is 368 Å². The van der Waals surface area contributed by atoms with Crippen LogP contribution in [0.15, 0.2) is 152 Å². The molecule has 0 spiro atoms. The summed E-state index contributed by atoms with van der Waals surface area (Å²) in [6.45, 7) is 0. The fraction of sp³-hybridized carbons (Fsp3) is 0.103. The van der Waals surface area contributed by atoms with E-state index in [1.165, 1.54) is 51.1 Å². The molecule has 1 N–H and O–H groups in total. The second-order valence-electron chi connectivity index (χ2n) is 17.2. The Morgan fingerprint density at radius 3 is 1.67 bits per heavy atom. The second kappa shape index (κ2) is 14.8. The van der Waals surface area contributed by atoms with E-state index in [1.807, 2.05) is 66.8 Å². The molecule has 0 saturated carbocycles. The van der Waals surface area contributed by atoms with Crippen molar-refractivity contribution in [2.45, 2.75) is 37.0 Å². The van der Waals surface area contributed by atoms with E-state index < -0.39 is 17.9 Å². The van der Waals surface area contributed by atoms with Gasteiger partial charge in [0.1, 0.15) is 5.92 Å². The van der Waals surface area contributed by atoms with Crippen LogP contribution < -0.4 is 5.32 Å². The zero-order chi connectivity index (χ0) is 43.1. The maximum atomic E-state index is 11.9. The van der Waals surface area contributed by atoms with E-state index in [9.17, 15) is 19.2 Å². The van der Waals surface area contributed by atoms with Crippen LogP contribution in [0.3, 0.4) is 0 Å². The number of carbonyl (C=O) groups excluding carboxylic acids is 4. The predicted molar refractivity (Wildman–Crippen MR) is 255 cm³/mol. The highest BCUT2D eigenvalue weighted by atomic mass is 16.6. The molecule has 7 aliphatic rings. The van der Waals surface area contributed by atoms with Crippen LogP contribution in [0.5, 0.6) is 0 Å². The van der Waals surface area contributed by atoms with Crippen LogP contribution in [0.1, 0.15) is 95.0 Å². The summed E-state index contributed by atoms with van der Waals surface area (Å²) in [6.07, 6.45) is 20.3. The van der Waals surface area contributed by atoms with E-state index in [2.05, 4.69) is 96.4 Å². The minimum Gasteiger partial charge on any atom is -0.389 e. The van der Waals surface area contributed by atoms with Crippen molar-refractivity contribution in [2.75, 3.05) is 0 Å². The second-order valence-corrected chi connectivity index (χ2v) is 17.2. The highest BCUT2D eigenvalue weighted by Crippen LogP contribution is 2.44. The molecule has 2 heterocycles. The van der Waals surface area contributed by atoms with Gasteiger partial charge in [-0.25, -0.2) is 4.79 Å².